The summed E-state index contributed by atoms with van der Waals surface area (Å²) in [5, 5.41) is 1.30. The lowest BCUT2D eigenvalue weighted by Gasteiger charge is -2.26. The normalized spacial score (nSPS) is 11.3. The number of carbonyl (C=O) groups excluding carboxylic acids is 1. The molecule has 94 valence electrons. The fourth-order valence-corrected chi connectivity index (χ4v) is 1.48. The number of carbonyl (C=O) groups is 1. The molecule has 4 nitrogen and oxygen atoms in total. The molecule has 0 aliphatic rings. The highest BCUT2D eigenvalue weighted by Crippen LogP contribution is 2.13. The van der Waals surface area contributed by atoms with Gasteiger partial charge in [0.15, 0.2) is 0 Å². The molecule has 0 unspecified atom stereocenters. The molecule has 0 fully saturated rings. The largest absolute Gasteiger partial charge is 0.326 e. The van der Waals surface area contributed by atoms with Gasteiger partial charge >= 0.3 is 0 Å². The summed E-state index contributed by atoms with van der Waals surface area (Å²) >= 11 is 0. The first-order chi connectivity index (χ1) is 7.94. The van der Waals surface area contributed by atoms with Crippen molar-refractivity contribution < 1.29 is 9.63 Å². The van der Waals surface area contributed by atoms with Crippen LogP contribution in [0.1, 0.15) is 31.9 Å². The highest BCUT2D eigenvalue weighted by Gasteiger charge is 2.16. The van der Waals surface area contributed by atoms with E-state index in [1.165, 1.54) is 5.06 Å². The number of hydrogen-bond acceptors (Lipinski definition) is 3. The molecule has 0 spiro atoms. The molecule has 0 saturated carbocycles. The van der Waals surface area contributed by atoms with Gasteiger partial charge in [-0.3, -0.25) is 9.63 Å². The molecule has 0 saturated heterocycles. The number of rotatable bonds is 5. The molecule has 0 aromatic heterocycles. The lowest BCUT2D eigenvalue weighted by molar-refractivity contribution is -0.220. The Bertz CT molecular complexity index is 372. The molecular weight excluding hydrogens is 216 g/mol. The van der Waals surface area contributed by atoms with Gasteiger partial charge < -0.3 is 5.73 Å². The van der Waals surface area contributed by atoms with E-state index in [1.54, 1.807) is 0 Å². The Labute approximate surface area is 102 Å². The van der Waals surface area contributed by atoms with Gasteiger partial charge in [-0.1, -0.05) is 24.3 Å². The van der Waals surface area contributed by atoms with Crippen LogP contribution in [-0.2, 0) is 22.7 Å². The first-order valence-corrected chi connectivity index (χ1v) is 5.63. The second kappa shape index (κ2) is 5.80. The van der Waals surface area contributed by atoms with Crippen LogP contribution in [0.15, 0.2) is 24.3 Å². The lowest BCUT2D eigenvalue weighted by atomic mass is 10.1. The van der Waals surface area contributed by atoms with Gasteiger partial charge in [-0.25, -0.2) is 5.06 Å². The molecule has 1 aromatic rings. The number of hydrogen-bond donors (Lipinski definition) is 1. The van der Waals surface area contributed by atoms with Gasteiger partial charge in [0.25, 0.3) is 0 Å². The van der Waals surface area contributed by atoms with Crippen molar-refractivity contribution in [1.29, 1.82) is 0 Å². The van der Waals surface area contributed by atoms with E-state index >= 15 is 0 Å². The van der Waals surface area contributed by atoms with E-state index in [2.05, 4.69) is 0 Å². The number of nitrogens with two attached hydrogens (primary N) is 1. The van der Waals surface area contributed by atoms with Gasteiger partial charge in [0.2, 0.25) is 6.41 Å². The number of hydroxylamine groups is 2. The smallest absolute Gasteiger partial charge is 0.233 e. The van der Waals surface area contributed by atoms with Crippen molar-refractivity contribution in [2.24, 2.45) is 5.73 Å². The summed E-state index contributed by atoms with van der Waals surface area (Å²) < 4.78 is 0. The van der Waals surface area contributed by atoms with E-state index in [1.807, 2.05) is 45.0 Å². The predicted molar refractivity (Wildman–Crippen MR) is 66.8 cm³/mol. The van der Waals surface area contributed by atoms with Gasteiger partial charge in [-0.2, -0.15) is 0 Å². The van der Waals surface area contributed by atoms with Crippen LogP contribution >= 0.6 is 0 Å². The minimum absolute atomic E-state index is 0.383. The van der Waals surface area contributed by atoms with Crippen LogP contribution < -0.4 is 5.73 Å². The number of amides is 1. The third-order valence-corrected chi connectivity index (χ3v) is 2.07. The molecule has 1 rings (SSSR count). The fourth-order valence-electron chi connectivity index (χ4n) is 1.48. The van der Waals surface area contributed by atoms with Crippen LogP contribution in [0.25, 0.3) is 0 Å². The second-order valence-corrected chi connectivity index (χ2v) is 4.91. The average molecular weight is 236 g/mol. The SMILES string of the molecule is CC(C)(C)ON(C=O)Cc1cccc(CN)c1. The van der Waals surface area contributed by atoms with Crippen molar-refractivity contribution in [3.8, 4) is 0 Å². The first kappa shape index (κ1) is 13.7. The van der Waals surface area contributed by atoms with Gasteiger partial charge in [0.1, 0.15) is 0 Å². The van der Waals surface area contributed by atoms with Crippen LogP contribution in [0.4, 0.5) is 0 Å². The van der Waals surface area contributed by atoms with Crippen LogP contribution in [-0.4, -0.2) is 17.1 Å². The minimum Gasteiger partial charge on any atom is -0.326 e. The maximum Gasteiger partial charge on any atom is 0.233 e. The van der Waals surface area contributed by atoms with E-state index in [-0.39, 0.29) is 5.60 Å². The standard InChI is InChI=1S/C13H20N2O2/c1-13(2,3)17-15(10-16)9-12-6-4-5-11(7-12)8-14/h4-7,10H,8-9,14H2,1-3H3. The third-order valence-electron chi connectivity index (χ3n) is 2.07. The van der Waals surface area contributed by atoms with Crippen LogP contribution in [0.2, 0.25) is 0 Å². The molecule has 17 heavy (non-hydrogen) atoms. The molecule has 0 radical (unpaired) electrons. The molecule has 4 heteroatoms. The van der Waals surface area contributed by atoms with Gasteiger partial charge in [0, 0.05) is 6.54 Å². The zero-order chi connectivity index (χ0) is 12.9. The van der Waals surface area contributed by atoms with E-state index in [9.17, 15) is 4.79 Å². The Morgan fingerprint density at radius 2 is 2.00 bits per heavy atom. The average Bonchev–Trinajstić information content (AvgIpc) is 2.26. The maximum atomic E-state index is 10.9. The summed E-state index contributed by atoms with van der Waals surface area (Å²) in [5.74, 6) is 0. The monoisotopic (exact) mass is 236 g/mol. The molecule has 0 aliphatic heterocycles. The Morgan fingerprint density at radius 1 is 1.35 bits per heavy atom. The summed E-state index contributed by atoms with van der Waals surface area (Å²) in [7, 11) is 0. The zero-order valence-electron chi connectivity index (χ0n) is 10.6. The van der Waals surface area contributed by atoms with Crippen molar-refractivity contribution in [1.82, 2.24) is 5.06 Å². The lowest BCUT2D eigenvalue weighted by Crippen LogP contribution is -2.32. The summed E-state index contributed by atoms with van der Waals surface area (Å²) in [6, 6.07) is 7.81. The number of benzene rings is 1. The van der Waals surface area contributed by atoms with E-state index < -0.39 is 0 Å². The van der Waals surface area contributed by atoms with E-state index in [0.717, 1.165) is 11.1 Å². The van der Waals surface area contributed by atoms with E-state index in [0.29, 0.717) is 19.5 Å². The summed E-state index contributed by atoms with van der Waals surface area (Å²) in [6.45, 7) is 6.63. The summed E-state index contributed by atoms with van der Waals surface area (Å²) in [6.07, 6.45) is 0.695. The Kier molecular flexibility index (Phi) is 4.66. The topological polar surface area (TPSA) is 55.6 Å². The highest BCUT2D eigenvalue weighted by molar-refractivity contribution is 5.45. The van der Waals surface area contributed by atoms with Crippen molar-refractivity contribution in [3.63, 3.8) is 0 Å². The van der Waals surface area contributed by atoms with Crippen LogP contribution in [0.3, 0.4) is 0 Å². The number of nitrogens with zero attached hydrogens (tertiary/aromatic N) is 1. The molecule has 2 N–H and O–H groups in total. The van der Waals surface area contributed by atoms with Crippen molar-refractivity contribution in [2.45, 2.75) is 39.5 Å². The Hall–Kier alpha value is -1.39. The van der Waals surface area contributed by atoms with E-state index in [4.69, 9.17) is 10.6 Å². The molecule has 1 amide bonds. The molecular formula is C13H20N2O2. The second-order valence-electron chi connectivity index (χ2n) is 4.91. The van der Waals surface area contributed by atoms with Gasteiger partial charge in [0.05, 0.1) is 12.1 Å². The summed E-state index contributed by atoms with van der Waals surface area (Å²) in [4.78, 5) is 16.4. The molecule has 0 atom stereocenters. The van der Waals surface area contributed by atoms with Gasteiger partial charge in [-0.05, 0) is 31.9 Å². The third kappa shape index (κ3) is 4.97. The fraction of sp³-hybridized carbons (Fsp3) is 0.462. The summed E-state index contributed by atoms with van der Waals surface area (Å²) in [5.41, 5.74) is 7.24. The first-order valence-electron chi connectivity index (χ1n) is 5.63. The van der Waals surface area contributed by atoms with Crippen molar-refractivity contribution in [2.75, 3.05) is 0 Å². The Balaban J connectivity index is 2.70. The van der Waals surface area contributed by atoms with Crippen LogP contribution in [0.5, 0.6) is 0 Å². The molecule has 0 aliphatic carbocycles. The molecule has 0 bridgehead atoms. The van der Waals surface area contributed by atoms with Crippen molar-refractivity contribution >= 4 is 6.41 Å². The highest BCUT2D eigenvalue weighted by atomic mass is 16.7. The zero-order valence-corrected chi connectivity index (χ0v) is 10.6. The quantitative estimate of drug-likeness (QED) is 0.627. The van der Waals surface area contributed by atoms with Crippen LogP contribution in [0, 0.1) is 0 Å². The van der Waals surface area contributed by atoms with Gasteiger partial charge in [-0.15, -0.1) is 0 Å². The Morgan fingerprint density at radius 3 is 2.53 bits per heavy atom. The van der Waals surface area contributed by atoms with Crippen molar-refractivity contribution in [3.05, 3.63) is 35.4 Å². The predicted octanol–water partition coefficient (Wildman–Crippen LogP) is 1.83. The minimum atomic E-state index is -0.383. The molecule has 0 heterocycles. The molecule has 1 aromatic carbocycles. The maximum absolute atomic E-state index is 10.9.